The van der Waals surface area contributed by atoms with Crippen LogP contribution < -0.4 is 0 Å². The van der Waals surface area contributed by atoms with Crippen LogP contribution in [0.2, 0.25) is 18.1 Å². The predicted octanol–water partition coefficient (Wildman–Crippen LogP) is 4.85. The quantitative estimate of drug-likeness (QED) is 0.282. The van der Waals surface area contributed by atoms with Gasteiger partial charge in [0.2, 0.25) is 0 Å². The molecule has 0 amide bonds. The second kappa shape index (κ2) is 7.64. The van der Waals surface area contributed by atoms with Crippen LogP contribution in [0.15, 0.2) is 35.9 Å². The minimum atomic E-state index is -1.81. The molecule has 4 rings (SSSR count). The molecule has 7 heteroatoms. The van der Waals surface area contributed by atoms with E-state index in [0.29, 0.717) is 25.0 Å². The monoisotopic (exact) mass is 442 g/mol. The standard InChI is InChI=1S/C24H34N2O4Si/c1-23(2,3)31(4,5)30-13-10-17-16-25-12-11-24(21(25)14-18(17)15-22(24)27)19-8-6-7-9-20(19)26(28)29/h6-10,18,21H,11-16H2,1-5H3/b17-10-/t18-,21+,24-/m1/s1. The van der Waals surface area contributed by atoms with Crippen molar-refractivity contribution in [3.05, 3.63) is 51.6 Å². The van der Waals surface area contributed by atoms with E-state index in [4.69, 9.17) is 4.43 Å². The first-order chi connectivity index (χ1) is 14.5. The van der Waals surface area contributed by atoms with Crippen LogP contribution in [-0.4, -0.2) is 49.7 Å². The Morgan fingerprint density at radius 2 is 2.03 bits per heavy atom. The van der Waals surface area contributed by atoms with Gasteiger partial charge < -0.3 is 4.43 Å². The largest absolute Gasteiger partial charge is 0.413 e. The third kappa shape index (κ3) is 3.60. The number of rotatable bonds is 5. The Morgan fingerprint density at radius 3 is 2.71 bits per heavy atom. The number of hydrogen-bond acceptors (Lipinski definition) is 5. The average Bonchev–Trinajstić information content (AvgIpc) is 3.09. The second-order valence-corrected chi connectivity index (χ2v) is 15.7. The molecule has 1 aliphatic carbocycles. The number of Topliss-reactive ketones (excluding diaryl/α,β-unsaturated/α-hetero) is 1. The first kappa shape index (κ1) is 22.4. The molecule has 3 aliphatic rings. The summed E-state index contributed by atoms with van der Waals surface area (Å²) in [6.45, 7) is 13.5. The summed E-state index contributed by atoms with van der Waals surface area (Å²) in [6.07, 6.45) is 4.25. The maximum atomic E-state index is 13.6. The Kier molecular flexibility index (Phi) is 5.51. The molecule has 1 aromatic carbocycles. The van der Waals surface area contributed by atoms with Crippen molar-refractivity contribution in [3.8, 4) is 0 Å². The number of nitro groups is 1. The molecule has 1 aromatic rings. The highest BCUT2D eigenvalue weighted by atomic mass is 28.4. The van der Waals surface area contributed by atoms with Crippen LogP contribution >= 0.6 is 0 Å². The van der Waals surface area contributed by atoms with E-state index in [0.717, 1.165) is 19.5 Å². The summed E-state index contributed by atoms with van der Waals surface area (Å²) in [5.74, 6) is 0.396. The summed E-state index contributed by atoms with van der Waals surface area (Å²) in [5.41, 5.74) is 1.27. The van der Waals surface area contributed by atoms with Crippen molar-refractivity contribution in [1.29, 1.82) is 0 Å². The summed E-state index contributed by atoms with van der Waals surface area (Å²) >= 11 is 0. The van der Waals surface area contributed by atoms with Crippen molar-refractivity contribution in [3.63, 3.8) is 0 Å². The number of fused-ring (bicyclic) bond motifs is 1. The fourth-order valence-corrected chi connectivity index (χ4v) is 6.44. The van der Waals surface area contributed by atoms with E-state index in [1.165, 1.54) is 5.57 Å². The normalized spacial score (nSPS) is 30.1. The lowest BCUT2D eigenvalue weighted by Gasteiger charge is -2.48. The van der Waals surface area contributed by atoms with Gasteiger partial charge in [-0.1, -0.05) is 50.6 Å². The molecule has 3 atom stereocenters. The number of carbonyl (C=O) groups excluding carboxylic acids is 1. The van der Waals surface area contributed by atoms with E-state index < -0.39 is 13.7 Å². The van der Waals surface area contributed by atoms with Crippen molar-refractivity contribution < 1.29 is 14.1 Å². The fraction of sp³-hybridized carbons (Fsp3) is 0.625. The Morgan fingerprint density at radius 1 is 1.32 bits per heavy atom. The van der Waals surface area contributed by atoms with Crippen molar-refractivity contribution >= 4 is 19.8 Å². The van der Waals surface area contributed by atoms with Crippen LogP contribution in [-0.2, 0) is 14.6 Å². The summed E-state index contributed by atoms with van der Waals surface area (Å²) < 4.78 is 6.36. The number of nitro benzene ring substituents is 1. The predicted molar refractivity (Wildman–Crippen MR) is 124 cm³/mol. The molecule has 0 aromatic heterocycles. The van der Waals surface area contributed by atoms with Gasteiger partial charge >= 0.3 is 0 Å². The summed E-state index contributed by atoms with van der Waals surface area (Å²) in [7, 11) is -1.81. The fourth-order valence-electron chi connectivity index (χ4n) is 5.50. The maximum Gasteiger partial charge on any atom is 0.273 e. The minimum absolute atomic E-state index is 0.0540. The van der Waals surface area contributed by atoms with Gasteiger partial charge in [-0.05, 0) is 36.9 Å². The van der Waals surface area contributed by atoms with Crippen molar-refractivity contribution in [2.45, 2.75) is 69.6 Å². The van der Waals surface area contributed by atoms with Gasteiger partial charge in [0.05, 0.1) is 16.9 Å². The number of carbonyl (C=O) groups is 1. The lowest BCUT2D eigenvalue weighted by molar-refractivity contribution is -0.386. The molecule has 2 bridgehead atoms. The molecule has 6 nitrogen and oxygen atoms in total. The average molecular weight is 443 g/mol. The van der Waals surface area contributed by atoms with Gasteiger partial charge in [0.25, 0.3) is 5.69 Å². The zero-order valence-corrected chi connectivity index (χ0v) is 20.3. The van der Waals surface area contributed by atoms with Crippen molar-refractivity contribution in [2.24, 2.45) is 5.92 Å². The Balaban J connectivity index is 1.59. The molecule has 0 unspecified atom stereocenters. The molecule has 1 saturated carbocycles. The van der Waals surface area contributed by atoms with Gasteiger partial charge in [0, 0.05) is 37.2 Å². The van der Waals surface area contributed by atoms with Crippen LogP contribution in [0.5, 0.6) is 0 Å². The summed E-state index contributed by atoms with van der Waals surface area (Å²) in [5, 5.41) is 11.9. The Hall–Kier alpha value is -1.83. The van der Waals surface area contributed by atoms with E-state index in [9.17, 15) is 14.9 Å². The third-order valence-corrected chi connectivity index (χ3v) is 12.8. The molecule has 3 fully saturated rings. The SMILES string of the molecule is CC(C)(C)[Si](C)(C)OC/C=C1/CN2CC[C@]3(c4ccccc4[N+](=O)[O-])C(=O)C[C@H]1C[C@H]23. The molecular weight excluding hydrogens is 408 g/mol. The molecule has 31 heavy (non-hydrogen) atoms. The van der Waals surface area contributed by atoms with Crippen LogP contribution in [0.3, 0.4) is 0 Å². The number of ketones is 1. The molecule has 2 heterocycles. The van der Waals surface area contributed by atoms with Gasteiger partial charge in [0.15, 0.2) is 8.32 Å². The molecule has 0 spiro atoms. The summed E-state index contributed by atoms with van der Waals surface area (Å²) in [6, 6.07) is 6.91. The first-order valence-corrected chi connectivity index (χ1v) is 14.2. The highest BCUT2D eigenvalue weighted by molar-refractivity contribution is 6.74. The maximum absolute atomic E-state index is 13.6. The molecule has 0 radical (unpaired) electrons. The van der Waals surface area contributed by atoms with Crippen LogP contribution in [0.4, 0.5) is 5.69 Å². The lowest BCUT2D eigenvalue weighted by atomic mass is 9.60. The highest BCUT2D eigenvalue weighted by Crippen LogP contribution is 2.54. The van der Waals surface area contributed by atoms with Crippen LogP contribution in [0.25, 0.3) is 0 Å². The smallest absolute Gasteiger partial charge is 0.273 e. The van der Waals surface area contributed by atoms with E-state index in [1.807, 2.05) is 6.07 Å². The zero-order valence-electron chi connectivity index (χ0n) is 19.3. The molecular formula is C24H34N2O4Si. The molecule has 0 N–H and O–H groups in total. The van der Waals surface area contributed by atoms with Crippen molar-refractivity contribution in [2.75, 3.05) is 19.7 Å². The molecule has 2 saturated heterocycles. The lowest BCUT2D eigenvalue weighted by Crippen LogP contribution is -2.56. The Labute approximate surface area is 185 Å². The second-order valence-electron chi connectivity index (χ2n) is 10.9. The van der Waals surface area contributed by atoms with Gasteiger partial charge in [-0.25, -0.2) is 0 Å². The number of benzene rings is 1. The van der Waals surface area contributed by atoms with E-state index in [1.54, 1.807) is 18.2 Å². The van der Waals surface area contributed by atoms with Crippen LogP contribution in [0, 0.1) is 16.0 Å². The van der Waals surface area contributed by atoms with E-state index in [2.05, 4.69) is 44.8 Å². The topological polar surface area (TPSA) is 72.7 Å². The van der Waals surface area contributed by atoms with Gasteiger partial charge in [-0.3, -0.25) is 19.8 Å². The number of para-hydroxylation sites is 1. The first-order valence-electron chi connectivity index (χ1n) is 11.3. The number of nitrogens with zero attached hydrogens (tertiary/aromatic N) is 2. The Bertz CT molecular complexity index is 936. The number of piperidine rings is 1. The highest BCUT2D eigenvalue weighted by Gasteiger charge is 2.60. The van der Waals surface area contributed by atoms with Crippen LogP contribution in [0.1, 0.15) is 45.6 Å². The molecule has 2 aliphatic heterocycles. The minimum Gasteiger partial charge on any atom is -0.413 e. The third-order valence-electron chi connectivity index (χ3n) is 8.33. The van der Waals surface area contributed by atoms with Crippen molar-refractivity contribution in [1.82, 2.24) is 4.90 Å². The van der Waals surface area contributed by atoms with Gasteiger partial charge in [-0.15, -0.1) is 0 Å². The van der Waals surface area contributed by atoms with E-state index >= 15 is 0 Å². The van der Waals surface area contributed by atoms with Gasteiger partial charge in [-0.2, -0.15) is 0 Å². The summed E-state index contributed by atoms with van der Waals surface area (Å²) in [4.78, 5) is 27.3. The zero-order chi connectivity index (χ0) is 22.6. The van der Waals surface area contributed by atoms with Gasteiger partial charge in [0.1, 0.15) is 5.78 Å². The van der Waals surface area contributed by atoms with E-state index in [-0.39, 0.29) is 33.4 Å². The molecule has 168 valence electrons. The number of hydrogen-bond donors (Lipinski definition) is 0.